The fourth-order valence-corrected chi connectivity index (χ4v) is 6.08. The van der Waals surface area contributed by atoms with Crippen LogP contribution >= 0.6 is 0 Å². The first kappa shape index (κ1) is 23.9. The smallest absolute Gasteiger partial charge is 0.253 e. The van der Waals surface area contributed by atoms with Gasteiger partial charge in [-0.1, -0.05) is 36.4 Å². The summed E-state index contributed by atoms with van der Waals surface area (Å²) < 4.78 is 26.1. The van der Waals surface area contributed by atoms with E-state index in [1.165, 1.54) is 6.26 Å². The lowest BCUT2D eigenvalue weighted by Gasteiger charge is -2.57. The van der Waals surface area contributed by atoms with E-state index in [0.29, 0.717) is 18.7 Å². The summed E-state index contributed by atoms with van der Waals surface area (Å²) in [6.07, 6.45) is 3.04. The molecule has 2 aromatic carbocycles. The van der Waals surface area contributed by atoms with E-state index in [-0.39, 0.29) is 30.5 Å². The fraction of sp³-hybridized carbons (Fsp3) is 0.480. The number of hydrogen-bond acceptors (Lipinski definition) is 5. The predicted molar refractivity (Wildman–Crippen MR) is 130 cm³/mol. The number of amides is 1. The van der Waals surface area contributed by atoms with Crippen molar-refractivity contribution in [3.63, 3.8) is 0 Å². The van der Waals surface area contributed by atoms with Crippen LogP contribution in [0.2, 0.25) is 0 Å². The highest BCUT2D eigenvalue weighted by molar-refractivity contribution is 7.88. The van der Waals surface area contributed by atoms with E-state index in [1.54, 1.807) is 23.3 Å². The molecule has 0 radical (unpaired) electrons. The molecule has 0 aromatic heterocycles. The number of sulfonamides is 1. The van der Waals surface area contributed by atoms with Gasteiger partial charge in [0, 0.05) is 50.7 Å². The molecular formula is C25H33N3O4S. The molecule has 33 heavy (non-hydrogen) atoms. The van der Waals surface area contributed by atoms with E-state index in [0.717, 1.165) is 36.1 Å². The minimum atomic E-state index is -3.26. The lowest BCUT2D eigenvalue weighted by molar-refractivity contribution is -0.0553. The summed E-state index contributed by atoms with van der Waals surface area (Å²) in [4.78, 5) is 16.2. The SMILES string of the molecule is CN(C)C(=O)c1cccc(-c2ccc([C@H]3[C@@H](CO)N4CCCCN(S(C)(=O)=O)C[C@@H]34)cc2)c1. The van der Waals surface area contributed by atoms with Crippen molar-refractivity contribution in [2.24, 2.45) is 0 Å². The Morgan fingerprint density at radius 1 is 1.06 bits per heavy atom. The van der Waals surface area contributed by atoms with Crippen molar-refractivity contribution in [2.45, 2.75) is 30.8 Å². The van der Waals surface area contributed by atoms with E-state index < -0.39 is 10.0 Å². The molecule has 2 aliphatic heterocycles. The topological polar surface area (TPSA) is 81.2 Å². The first-order chi connectivity index (χ1) is 15.7. The predicted octanol–water partition coefficient (Wildman–Crippen LogP) is 2.24. The summed E-state index contributed by atoms with van der Waals surface area (Å²) in [6.45, 7) is 1.95. The standard InChI is InChI=1S/C25H33N3O4S/c1-26(2)25(30)21-8-6-7-20(15-21)18-9-11-19(12-10-18)24-22-16-27(33(3,31)32)13-4-5-14-28(22)23(24)17-29/h6-12,15,22-24,29H,4-5,13-14,16-17H2,1-3H3/t22-,23+,24+/m0/s1. The number of fused-ring (bicyclic) bond motifs is 1. The maximum atomic E-state index is 12.3. The normalized spacial score (nSPS) is 24.3. The van der Waals surface area contributed by atoms with E-state index in [2.05, 4.69) is 17.0 Å². The number of carbonyl (C=O) groups excluding carboxylic acids is 1. The average Bonchev–Trinajstić information content (AvgIpc) is 2.77. The minimum absolute atomic E-state index is 0.00130. The van der Waals surface area contributed by atoms with Gasteiger partial charge in [0.15, 0.2) is 0 Å². The van der Waals surface area contributed by atoms with Gasteiger partial charge in [0.05, 0.1) is 12.9 Å². The van der Waals surface area contributed by atoms with Crippen LogP contribution in [-0.2, 0) is 10.0 Å². The van der Waals surface area contributed by atoms with Gasteiger partial charge in [-0.05, 0) is 48.2 Å². The van der Waals surface area contributed by atoms with Crippen LogP contribution in [0.15, 0.2) is 48.5 Å². The number of rotatable bonds is 5. The Balaban J connectivity index is 1.59. The zero-order chi connectivity index (χ0) is 23.8. The monoisotopic (exact) mass is 471 g/mol. The van der Waals surface area contributed by atoms with Crippen LogP contribution in [0.1, 0.15) is 34.7 Å². The maximum absolute atomic E-state index is 12.3. The zero-order valence-electron chi connectivity index (χ0n) is 19.5. The molecular weight excluding hydrogens is 438 g/mol. The second kappa shape index (κ2) is 9.54. The largest absolute Gasteiger partial charge is 0.395 e. The zero-order valence-corrected chi connectivity index (χ0v) is 20.3. The molecule has 0 saturated carbocycles. The van der Waals surface area contributed by atoms with Crippen molar-refractivity contribution in [2.75, 3.05) is 46.6 Å². The van der Waals surface area contributed by atoms with Gasteiger partial charge in [0.1, 0.15) is 0 Å². The van der Waals surface area contributed by atoms with Crippen LogP contribution in [0.3, 0.4) is 0 Å². The third-order valence-corrected chi connectivity index (χ3v) is 8.22. The van der Waals surface area contributed by atoms with Crippen LogP contribution < -0.4 is 0 Å². The highest BCUT2D eigenvalue weighted by atomic mass is 32.2. The Morgan fingerprint density at radius 2 is 1.76 bits per heavy atom. The van der Waals surface area contributed by atoms with E-state index >= 15 is 0 Å². The summed E-state index contributed by atoms with van der Waals surface area (Å²) in [6, 6.07) is 15.9. The van der Waals surface area contributed by atoms with Crippen molar-refractivity contribution in [3.05, 3.63) is 59.7 Å². The summed E-state index contributed by atoms with van der Waals surface area (Å²) in [5.74, 6) is 0.0431. The molecule has 2 heterocycles. The quantitative estimate of drug-likeness (QED) is 0.723. The number of benzene rings is 2. The molecule has 0 bridgehead atoms. The molecule has 2 saturated heterocycles. The second-order valence-electron chi connectivity index (χ2n) is 9.31. The lowest BCUT2D eigenvalue weighted by atomic mass is 9.74. The molecule has 0 spiro atoms. The molecule has 4 rings (SSSR count). The molecule has 8 heteroatoms. The number of carbonyl (C=O) groups is 1. The van der Waals surface area contributed by atoms with Crippen molar-refractivity contribution in [1.82, 2.24) is 14.1 Å². The Hall–Kier alpha value is -2.26. The van der Waals surface area contributed by atoms with E-state index in [4.69, 9.17) is 0 Å². The average molecular weight is 472 g/mol. The lowest BCUT2D eigenvalue weighted by Crippen LogP contribution is -2.67. The first-order valence-electron chi connectivity index (χ1n) is 11.4. The Labute approximate surface area is 196 Å². The molecule has 178 valence electrons. The van der Waals surface area contributed by atoms with E-state index in [9.17, 15) is 18.3 Å². The van der Waals surface area contributed by atoms with Gasteiger partial charge in [0.2, 0.25) is 10.0 Å². The van der Waals surface area contributed by atoms with Gasteiger partial charge in [-0.3, -0.25) is 9.69 Å². The molecule has 7 nitrogen and oxygen atoms in total. The van der Waals surface area contributed by atoms with Gasteiger partial charge in [-0.15, -0.1) is 0 Å². The molecule has 2 aromatic rings. The van der Waals surface area contributed by atoms with Crippen molar-refractivity contribution < 1.29 is 18.3 Å². The second-order valence-corrected chi connectivity index (χ2v) is 11.3. The third kappa shape index (κ3) is 4.84. The van der Waals surface area contributed by atoms with Crippen molar-refractivity contribution in [3.8, 4) is 11.1 Å². The molecule has 2 aliphatic rings. The van der Waals surface area contributed by atoms with Crippen LogP contribution in [-0.4, -0.2) is 92.2 Å². The Morgan fingerprint density at radius 3 is 2.39 bits per heavy atom. The van der Waals surface area contributed by atoms with E-state index in [1.807, 2.05) is 36.4 Å². The van der Waals surface area contributed by atoms with Crippen molar-refractivity contribution >= 4 is 15.9 Å². The highest BCUT2D eigenvalue weighted by Gasteiger charge is 2.49. The maximum Gasteiger partial charge on any atom is 0.253 e. The van der Waals surface area contributed by atoms with Crippen LogP contribution in [0.4, 0.5) is 0 Å². The minimum Gasteiger partial charge on any atom is -0.395 e. The van der Waals surface area contributed by atoms with Crippen LogP contribution in [0.5, 0.6) is 0 Å². The number of aliphatic hydroxyl groups excluding tert-OH is 1. The molecule has 1 amide bonds. The summed E-state index contributed by atoms with van der Waals surface area (Å²) >= 11 is 0. The molecule has 0 aliphatic carbocycles. The van der Waals surface area contributed by atoms with Gasteiger partial charge in [-0.2, -0.15) is 0 Å². The Bertz CT molecular complexity index is 1100. The van der Waals surface area contributed by atoms with Crippen LogP contribution in [0.25, 0.3) is 11.1 Å². The fourth-order valence-electron chi connectivity index (χ4n) is 5.20. The number of aliphatic hydroxyl groups is 1. The van der Waals surface area contributed by atoms with Crippen molar-refractivity contribution in [1.29, 1.82) is 0 Å². The van der Waals surface area contributed by atoms with Gasteiger partial charge >= 0.3 is 0 Å². The van der Waals surface area contributed by atoms with Gasteiger partial charge in [-0.25, -0.2) is 12.7 Å². The molecule has 2 fully saturated rings. The van der Waals surface area contributed by atoms with Crippen LogP contribution in [0, 0.1) is 0 Å². The molecule has 0 unspecified atom stereocenters. The number of hydrogen-bond donors (Lipinski definition) is 1. The van der Waals surface area contributed by atoms with Gasteiger partial charge in [0.25, 0.3) is 5.91 Å². The first-order valence-corrected chi connectivity index (χ1v) is 13.3. The summed E-state index contributed by atoms with van der Waals surface area (Å²) in [5, 5.41) is 10.1. The molecule has 1 N–H and O–H groups in total. The summed E-state index contributed by atoms with van der Waals surface area (Å²) in [7, 11) is 0.215. The molecule has 3 atom stereocenters. The Kier molecular flexibility index (Phi) is 6.91. The third-order valence-electron chi connectivity index (χ3n) is 6.95. The van der Waals surface area contributed by atoms with Gasteiger partial charge < -0.3 is 10.0 Å². The highest BCUT2D eigenvalue weighted by Crippen LogP contribution is 2.42. The number of nitrogens with zero attached hydrogens (tertiary/aromatic N) is 3. The summed E-state index contributed by atoms with van der Waals surface area (Å²) in [5.41, 5.74) is 3.73.